The van der Waals surface area contributed by atoms with E-state index in [9.17, 15) is 19.5 Å². The number of aliphatic hydroxyl groups is 1. The third kappa shape index (κ3) is 3.44. The predicted molar refractivity (Wildman–Crippen MR) is 134 cm³/mol. The van der Waals surface area contributed by atoms with Crippen molar-refractivity contribution in [2.45, 2.75) is 110 Å². The molecule has 0 aliphatic heterocycles. The van der Waals surface area contributed by atoms with Crippen LogP contribution >= 0.6 is 0 Å². The summed E-state index contributed by atoms with van der Waals surface area (Å²) in [7, 11) is 0. The molecule has 0 heterocycles. The van der Waals surface area contributed by atoms with Crippen molar-refractivity contribution in [3.8, 4) is 0 Å². The molecule has 0 aromatic carbocycles. The first kappa shape index (κ1) is 25.7. The molecule has 0 radical (unpaired) electrons. The molecule has 0 aromatic heterocycles. The van der Waals surface area contributed by atoms with Crippen LogP contribution < -0.4 is 5.32 Å². The van der Waals surface area contributed by atoms with Gasteiger partial charge in [0.25, 0.3) is 0 Å². The van der Waals surface area contributed by atoms with Crippen LogP contribution in [0.4, 0.5) is 9.59 Å². The van der Waals surface area contributed by atoms with E-state index in [0.29, 0.717) is 18.6 Å². The number of hydrogen-bond acceptors (Lipinski definition) is 6. The van der Waals surface area contributed by atoms with Gasteiger partial charge in [0, 0.05) is 22.7 Å². The van der Waals surface area contributed by atoms with Crippen LogP contribution in [-0.2, 0) is 14.3 Å². The molecule has 5 aliphatic rings. The van der Waals surface area contributed by atoms with E-state index in [-0.39, 0.29) is 34.7 Å². The van der Waals surface area contributed by atoms with Crippen LogP contribution in [0.15, 0.2) is 12.7 Å². The molecule has 2 bridgehead atoms. The first-order chi connectivity index (χ1) is 16.9. The van der Waals surface area contributed by atoms with Crippen molar-refractivity contribution in [2.75, 3.05) is 0 Å². The van der Waals surface area contributed by atoms with Gasteiger partial charge in [0.2, 0.25) is 0 Å². The number of carbonyl (C=O) groups is 3. The van der Waals surface area contributed by atoms with E-state index in [0.717, 1.165) is 51.4 Å². The van der Waals surface area contributed by atoms with E-state index >= 15 is 0 Å². The molecule has 7 nitrogen and oxygen atoms in total. The van der Waals surface area contributed by atoms with Gasteiger partial charge in [-0.15, -0.1) is 6.58 Å². The molecule has 9 atom stereocenters. The summed E-state index contributed by atoms with van der Waals surface area (Å²) in [5, 5.41) is 13.9. The molecule has 5 saturated carbocycles. The van der Waals surface area contributed by atoms with E-state index in [1.54, 1.807) is 6.08 Å². The molecule has 2 spiro atoms. The van der Waals surface area contributed by atoms with Gasteiger partial charge in [0.05, 0.1) is 6.10 Å². The Bertz CT molecular complexity index is 959. The number of nitrogens with one attached hydrogen (secondary N) is 1. The second-order valence-electron chi connectivity index (χ2n) is 13.2. The van der Waals surface area contributed by atoms with Crippen LogP contribution in [0.2, 0.25) is 0 Å². The van der Waals surface area contributed by atoms with Crippen LogP contribution in [0.1, 0.15) is 91.9 Å². The van der Waals surface area contributed by atoms with Crippen LogP contribution in [-0.4, -0.2) is 41.4 Å². The second kappa shape index (κ2) is 8.57. The summed E-state index contributed by atoms with van der Waals surface area (Å²) in [6.45, 7) is 12.5. The zero-order valence-electron chi connectivity index (χ0n) is 22.3. The summed E-state index contributed by atoms with van der Waals surface area (Å²) in [4.78, 5) is 38.8. The van der Waals surface area contributed by atoms with E-state index in [1.807, 2.05) is 6.92 Å². The van der Waals surface area contributed by atoms with Crippen molar-refractivity contribution in [3.05, 3.63) is 12.7 Å². The fourth-order valence-corrected chi connectivity index (χ4v) is 9.63. The highest BCUT2D eigenvalue weighted by molar-refractivity contribution is 5.89. The second-order valence-corrected chi connectivity index (χ2v) is 13.2. The maximum absolute atomic E-state index is 13.3. The van der Waals surface area contributed by atoms with Crippen molar-refractivity contribution in [2.24, 2.45) is 39.4 Å². The van der Waals surface area contributed by atoms with E-state index < -0.39 is 35.2 Å². The molecule has 7 heteroatoms. The topological polar surface area (TPSA) is 102 Å². The Morgan fingerprint density at radius 2 is 1.75 bits per heavy atom. The number of carbonyl (C=O) groups excluding carboxylic acids is 3. The number of Topliss-reactive ketones (excluding diaryl/α,β-unsaturated/α-hetero) is 1. The molecule has 5 rings (SSSR count). The molecule has 5 fully saturated rings. The van der Waals surface area contributed by atoms with Crippen LogP contribution in [0.3, 0.4) is 0 Å². The summed E-state index contributed by atoms with van der Waals surface area (Å²) < 4.78 is 11.6. The quantitative estimate of drug-likeness (QED) is 0.492. The van der Waals surface area contributed by atoms with Gasteiger partial charge >= 0.3 is 12.2 Å². The molecule has 2 amide bonds. The Morgan fingerprint density at radius 1 is 1.08 bits per heavy atom. The first-order valence-corrected chi connectivity index (χ1v) is 14.0. The maximum Gasteiger partial charge on any atom is 0.416 e. The summed E-state index contributed by atoms with van der Waals surface area (Å²) in [6, 6.07) is 0. The lowest BCUT2D eigenvalue weighted by atomic mass is 9.32. The van der Waals surface area contributed by atoms with Crippen molar-refractivity contribution >= 4 is 18.0 Å². The Labute approximate surface area is 214 Å². The van der Waals surface area contributed by atoms with Crippen molar-refractivity contribution in [3.63, 3.8) is 0 Å². The average molecular weight is 502 g/mol. The number of ether oxygens (including phenoxy) is 2. The number of rotatable bonds is 3. The smallest absolute Gasteiger partial charge is 0.416 e. The van der Waals surface area contributed by atoms with Gasteiger partial charge < -0.3 is 14.6 Å². The highest BCUT2D eigenvalue weighted by Gasteiger charge is 2.81. The monoisotopic (exact) mass is 501 g/mol. The third-order valence-corrected chi connectivity index (χ3v) is 11.6. The highest BCUT2D eigenvalue weighted by Crippen LogP contribution is 2.82. The lowest BCUT2D eigenvalue weighted by molar-refractivity contribution is -0.254. The molecule has 5 aliphatic carbocycles. The molecule has 2 unspecified atom stereocenters. The molecule has 2 N–H and O–H groups in total. The van der Waals surface area contributed by atoms with Gasteiger partial charge in [-0.3, -0.25) is 4.79 Å². The lowest BCUT2D eigenvalue weighted by Crippen LogP contribution is -2.71. The minimum absolute atomic E-state index is 0.00315. The first-order valence-electron chi connectivity index (χ1n) is 14.0. The Balaban J connectivity index is 1.44. The third-order valence-electron chi connectivity index (χ3n) is 11.6. The summed E-state index contributed by atoms with van der Waals surface area (Å²) in [5.74, 6) is 0.518. The number of alkyl carbamates (subject to hydrolysis) is 2. The van der Waals surface area contributed by atoms with Gasteiger partial charge in [-0.05, 0) is 74.5 Å². The summed E-state index contributed by atoms with van der Waals surface area (Å²) in [6.07, 6.45) is 6.87. The van der Waals surface area contributed by atoms with E-state index in [1.165, 1.54) is 0 Å². The molecule has 36 heavy (non-hydrogen) atoms. The fraction of sp³-hybridized carbons (Fsp3) is 0.828. The number of hydrogen-bond donors (Lipinski definition) is 2. The molecule has 0 saturated heterocycles. The average Bonchev–Trinajstić information content (AvgIpc) is 3.02. The minimum Gasteiger partial charge on any atom is -0.446 e. The SMILES string of the molecule is C=C[C@]1(C)C[C@@H](OC(=O)NC(=O)OC2CCCCC2)[C@]2(C)C(C)CC34C[C@@](CCC3=O)([C@@H]42)[C@@H](C)[C@@H]1O. The summed E-state index contributed by atoms with van der Waals surface area (Å²) in [5.41, 5.74) is -1.70. The van der Waals surface area contributed by atoms with Crippen LogP contribution in [0.5, 0.6) is 0 Å². The summed E-state index contributed by atoms with van der Waals surface area (Å²) >= 11 is 0. The van der Waals surface area contributed by atoms with Crippen molar-refractivity contribution in [1.82, 2.24) is 5.32 Å². The molecular formula is C29H43NO6. The van der Waals surface area contributed by atoms with Gasteiger partial charge in [-0.25, -0.2) is 14.9 Å². The number of aliphatic hydroxyl groups excluding tert-OH is 1. The van der Waals surface area contributed by atoms with Gasteiger partial charge in [-0.1, -0.05) is 40.2 Å². The fourth-order valence-electron chi connectivity index (χ4n) is 9.63. The normalized spacial score (nSPS) is 48.0. The number of ketones is 1. The zero-order valence-corrected chi connectivity index (χ0v) is 22.3. The van der Waals surface area contributed by atoms with Crippen molar-refractivity contribution < 1.29 is 29.0 Å². The standard InChI is InChI=1S/C29H43NO6/c1-6-26(4)15-21(36-25(34)30-24(33)35-19-10-8-7-9-11-19)27(5)17(2)14-29-16-28(23(27)29,13-12-20(29)31)18(3)22(26)32/h6,17-19,21-23,32H,1,7-16H2,2-5H3,(H,30,33,34)/t17?,18-,21+,22-,23-,26+,27-,28+,29?/m0/s1. The lowest BCUT2D eigenvalue weighted by Gasteiger charge is -2.71. The van der Waals surface area contributed by atoms with E-state index in [2.05, 4.69) is 32.7 Å². The molecular weight excluding hydrogens is 458 g/mol. The Hall–Kier alpha value is -1.89. The Kier molecular flexibility index (Phi) is 6.13. The van der Waals surface area contributed by atoms with E-state index in [4.69, 9.17) is 9.47 Å². The number of imide groups is 1. The minimum atomic E-state index is -0.824. The van der Waals surface area contributed by atoms with Crippen molar-refractivity contribution in [1.29, 1.82) is 0 Å². The van der Waals surface area contributed by atoms with Gasteiger partial charge in [-0.2, -0.15) is 0 Å². The van der Waals surface area contributed by atoms with Crippen LogP contribution in [0.25, 0.3) is 0 Å². The van der Waals surface area contributed by atoms with Gasteiger partial charge in [0.1, 0.15) is 18.0 Å². The molecule has 0 aromatic rings. The zero-order chi connectivity index (χ0) is 26.1. The predicted octanol–water partition coefficient (Wildman–Crippen LogP) is 5.55. The Morgan fingerprint density at radius 3 is 2.42 bits per heavy atom. The highest BCUT2D eigenvalue weighted by atomic mass is 16.6. The number of amides is 2. The van der Waals surface area contributed by atoms with Crippen LogP contribution in [0, 0.1) is 39.4 Å². The largest absolute Gasteiger partial charge is 0.446 e. The molecule has 200 valence electrons. The van der Waals surface area contributed by atoms with Gasteiger partial charge in [0.15, 0.2) is 0 Å². The maximum atomic E-state index is 13.3.